The van der Waals surface area contributed by atoms with E-state index in [9.17, 15) is 13.6 Å². The highest BCUT2D eigenvalue weighted by Crippen LogP contribution is 2.30. The number of amides is 1. The summed E-state index contributed by atoms with van der Waals surface area (Å²) in [6.45, 7) is 1.06. The quantitative estimate of drug-likeness (QED) is 0.640. The molecule has 4 heterocycles. The van der Waals surface area contributed by atoms with Gasteiger partial charge in [0, 0.05) is 31.4 Å². The van der Waals surface area contributed by atoms with Crippen LogP contribution < -0.4 is 0 Å². The van der Waals surface area contributed by atoms with E-state index < -0.39 is 5.76 Å². The van der Waals surface area contributed by atoms with Gasteiger partial charge in [-0.3, -0.25) is 9.20 Å². The first-order chi connectivity index (χ1) is 13.1. The van der Waals surface area contributed by atoms with Crippen LogP contribution in [0.3, 0.4) is 0 Å². The maximum Gasteiger partial charge on any atom is 0.290 e. The zero-order valence-electron chi connectivity index (χ0n) is 14.3. The van der Waals surface area contributed by atoms with Crippen molar-refractivity contribution in [2.45, 2.75) is 29.5 Å². The highest BCUT2D eigenvalue weighted by Gasteiger charge is 2.30. The standard InChI is InChI=1S/C18H17F2N5OS/c19-18(20)27-16-13(6-3-8-21-16)17(26)24-9-4-5-12(11-24)15-23-22-14-7-1-2-10-25(14)15/h1-3,6-8,10,12,18H,4-5,9,11H2. The predicted octanol–water partition coefficient (Wildman–Crippen LogP) is 3.46. The average molecular weight is 389 g/mol. The fraction of sp³-hybridized carbons (Fsp3) is 0.333. The number of carbonyl (C=O) groups is 1. The van der Waals surface area contributed by atoms with Gasteiger partial charge in [-0.15, -0.1) is 10.2 Å². The van der Waals surface area contributed by atoms with Crippen LogP contribution in [0.5, 0.6) is 0 Å². The third kappa shape index (κ3) is 3.64. The van der Waals surface area contributed by atoms with E-state index in [1.807, 2.05) is 28.8 Å². The summed E-state index contributed by atoms with van der Waals surface area (Å²) in [5.41, 5.74) is 0.980. The molecule has 1 saturated heterocycles. The van der Waals surface area contributed by atoms with Gasteiger partial charge < -0.3 is 4.90 Å². The van der Waals surface area contributed by atoms with Crippen LogP contribution in [0.1, 0.15) is 34.9 Å². The van der Waals surface area contributed by atoms with Crippen LogP contribution in [0.4, 0.5) is 8.78 Å². The lowest BCUT2D eigenvalue weighted by Gasteiger charge is -2.32. The summed E-state index contributed by atoms with van der Waals surface area (Å²) in [6.07, 6.45) is 5.04. The third-order valence-electron chi connectivity index (χ3n) is 4.62. The van der Waals surface area contributed by atoms with Crippen molar-refractivity contribution >= 4 is 23.3 Å². The van der Waals surface area contributed by atoms with Crippen molar-refractivity contribution in [1.82, 2.24) is 24.5 Å². The van der Waals surface area contributed by atoms with Crippen LogP contribution >= 0.6 is 11.8 Å². The first kappa shape index (κ1) is 17.8. The number of hydrogen-bond donors (Lipinski definition) is 0. The van der Waals surface area contributed by atoms with E-state index in [0.29, 0.717) is 24.9 Å². The van der Waals surface area contributed by atoms with Crippen LogP contribution in [-0.2, 0) is 0 Å². The van der Waals surface area contributed by atoms with Crippen molar-refractivity contribution in [2.24, 2.45) is 0 Å². The SMILES string of the molecule is O=C(c1cccnc1SC(F)F)N1CCCC(c2nnc3ccccn23)C1. The highest BCUT2D eigenvalue weighted by atomic mass is 32.2. The largest absolute Gasteiger partial charge is 0.338 e. The minimum absolute atomic E-state index is 0.0444. The number of pyridine rings is 2. The Morgan fingerprint density at radius 1 is 1.22 bits per heavy atom. The van der Waals surface area contributed by atoms with Crippen molar-refractivity contribution in [1.29, 1.82) is 0 Å². The molecule has 3 aromatic rings. The second-order valence-corrected chi connectivity index (χ2v) is 7.29. The molecule has 1 aliphatic heterocycles. The first-order valence-electron chi connectivity index (χ1n) is 8.62. The number of fused-ring (bicyclic) bond motifs is 1. The summed E-state index contributed by atoms with van der Waals surface area (Å²) in [6, 6.07) is 8.84. The molecule has 1 atom stereocenters. The normalized spacial score (nSPS) is 17.6. The number of aromatic nitrogens is 4. The third-order valence-corrected chi connectivity index (χ3v) is 5.34. The zero-order valence-corrected chi connectivity index (χ0v) is 15.1. The van der Waals surface area contributed by atoms with Gasteiger partial charge in [0.05, 0.1) is 5.56 Å². The minimum Gasteiger partial charge on any atom is -0.338 e. The Balaban J connectivity index is 1.58. The molecule has 6 nitrogen and oxygen atoms in total. The lowest BCUT2D eigenvalue weighted by molar-refractivity contribution is 0.0699. The van der Waals surface area contributed by atoms with Gasteiger partial charge in [-0.2, -0.15) is 8.78 Å². The van der Waals surface area contributed by atoms with Crippen LogP contribution in [0.15, 0.2) is 47.8 Å². The Labute approximate surface area is 158 Å². The Morgan fingerprint density at radius 2 is 2.11 bits per heavy atom. The predicted molar refractivity (Wildman–Crippen MR) is 97.0 cm³/mol. The molecule has 140 valence electrons. The molecule has 1 amide bonds. The number of likely N-dealkylation sites (tertiary alicyclic amines) is 1. The number of rotatable bonds is 4. The number of carbonyl (C=O) groups excluding carboxylic acids is 1. The minimum atomic E-state index is -2.62. The summed E-state index contributed by atoms with van der Waals surface area (Å²) in [5, 5.41) is 8.55. The maximum atomic E-state index is 13.0. The van der Waals surface area contributed by atoms with E-state index in [4.69, 9.17) is 0 Å². The zero-order chi connectivity index (χ0) is 18.8. The molecule has 0 aliphatic carbocycles. The smallest absolute Gasteiger partial charge is 0.290 e. The number of nitrogens with zero attached hydrogens (tertiary/aromatic N) is 5. The average Bonchev–Trinajstić information content (AvgIpc) is 3.12. The van der Waals surface area contributed by atoms with Crippen molar-refractivity contribution in [2.75, 3.05) is 13.1 Å². The van der Waals surface area contributed by atoms with Gasteiger partial charge >= 0.3 is 0 Å². The van der Waals surface area contributed by atoms with Crippen molar-refractivity contribution in [3.05, 3.63) is 54.1 Å². The van der Waals surface area contributed by atoms with Crippen LogP contribution in [-0.4, -0.2) is 49.2 Å². The highest BCUT2D eigenvalue weighted by molar-refractivity contribution is 7.99. The molecule has 9 heteroatoms. The molecule has 0 N–H and O–H groups in total. The summed E-state index contributed by atoms with van der Waals surface area (Å²) >= 11 is 0.299. The monoisotopic (exact) mass is 389 g/mol. The van der Waals surface area contributed by atoms with Crippen LogP contribution in [0, 0.1) is 0 Å². The topological polar surface area (TPSA) is 63.4 Å². The molecule has 4 rings (SSSR count). The van der Waals surface area contributed by atoms with Gasteiger partial charge in [0.1, 0.15) is 10.9 Å². The Kier molecular flexibility index (Phi) is 5.02. The number of hydrogen-bond acceptors (Lipinski definition) is 5. The lowest BCUT2D eigenvalue weighted by atomic mass is 9.96. The van der Waals surface area contributed by atoms with E-state index >= 15 is 0 Å². The summed E-state index contributed by atoms with van der Waals surface area (Å²) < 4.78 is 27.5. The number of alkyl halides is 2. The Bertz CT molecular complexity index is 964. The second kappa shape index (κ2) is 7.59. The van der Waals surface area contributed by atoms with Crippen molar-refractivity contribution < 1.29 is 13.6 Å². The van der Waals surface area contributed by atoms with Crippen LogP contribution in [0.2, 0.25) is 0 Å². The van der Waals surface area contributed by atoms with Gasteiger partial charge in [0.2, 0.25) is 0 Å². The summed E-state index contributed by atoms with van der Waals surface area (Å²) in [5.74, 6) is -2.04. The Morgan fingerprint density at radius 3 is 2.96 bits per heavy atom. The van der Waals surface area contributed by atoms with E-state index in [1.54, 1.807) is 17.0 Å². The molecule has 1 aliphatic rings. The second-order valence-electron chi connectivity index (χ2n) is 6.31. The maximum absolute atomic E-state index is 13.0. The fourth-order valence-corrected chi connectivity index (χ4v) is 3.99. The van der Waals surface area contributed by atoms with Gasteiger partial charge in [0.15, 0.2) is 5.65 Å². The van der Waals surface area contributed by atoms with Crippen molar-refractivity contribution in [3.8, 4) is 0 Å². The Hall–Kier alpha value is -2.55. The summed E-state index contributed by atoms with van der Waals surface area (Å²) in [7, 11) is 0. The van der Waals surface area contributed by atoms with Gasteiger partial charge in [-0.1, -0.05) is 6.07 Å². The van der Waals surface area contributed by atoms with Gasteiger partial charge in [-0.05, 0) is 48.9 Å². The molecule has 27 heavy (non-hydrogen) atoms. The molecule has 0 saturated carbocycles. The molecule has 0 bridgehead atoms. The number of piperidine rings is 1. The van der Waals surface area contributed by atoms with Crippen molar-refractivity contribution in [3.63, 3.8) is 0 Å². The molecular formula is C18H17F2N5OS. The molecule has 1 fully saturated rings. The molecule has 0 radical (unpaired) electrons. The molecule has 0 aromatic carbocycles. The van der Waals surface area contributed by atoms with Gasteiger partial charge in [-0.25, -0.2) is 4.98 Å². The van der Waals surface area contributed by atoms with E-state index in [-0.39, 0.29) is 22.4 Å². The van der Waals surface area contributed by atoms with E-state index in [0.717, 1.165) is 24.3 Å². The van der Waals surface area contributed by atoms with E-state index in [2.05, 4.69) is 15.2 Å². The summed E-state index contributed by atoms with van der Waals surface area (Å²) in [4.78, 5) is 18.6. The van der Waals surface area contributed by atoms with Crippen LogP contribution in [0.25, 0.3) is 5.65 Å². The number of halogens is 2. The van der Waals surface area contributed by atoms with Gasteiger partial charge in [0.25, 0.3) is 11.7 Å². The first-order valence-corrected chi connectivity index (χ1v) is 9.50. The fourth-order valence-electron chi connectivity index (χ4n) is 3.41. The van der Waals surface area contributed by atoms with E-state index in [1.165, 1.54) is 6.20 Å². The molecule has 3 aromatic heterocycles. The molecule has 1 unspecified atom stereocenters. The molecular weight excluding hydrogens is 372 g/mol. The molecule has 0 spiro atoms. The number of thioether (sulfide) groups is 1. The lowest BCUT2D eigenvalue weighted by Crippen LogP contribution is -2.39.